The zero-order valence-electron chi connectivity index (χ0n) is 7.64. The highest BCUT2D eigenvalue weighted by atomic mass is 16.2. The van der Waals surface area contributed by atoms with Gasteiger partial charge in [-0.05, 0) is 0 Å². The van der Waals surface area contributed by atoms with E-state index in [-0.39, 0.29) is 12.4 Å². The van der Waals surface area contributed by atoms with Crippen LogP contribution in [0.15, 0.2) is 15.7 Å². The predicted molar refractivity (Wildman–Crippen MR) is 53.2 cm³/mol. The number of rotatable bonds is 1. The Hall–Kier alpha value is -2.49. The third-order valence-electron chi connectivity index (χ3n) is 1.69. The lowest BCUT2D eigenvalue weighted by Gasteiger charge is -2.06. The molecule has 1 amide bonds. The molecular weight excluding hydrogens is 200 g/mol. The smallest absolute Gasteiger partial charge is 0.341 e. The molecule has 7 heteroatoms. The predicted octanol–water partition coefficient (Wildman–Crippen LogP) is -1.85. The summed E-state index contributed by atoms with van der Waals surface area (Å²) in [7, 11) is 0. The van der Waals surface area contributed by atoms with Gasteiger partial charge in [-0.3, -0.25) is 4.79 Å². The number of nitrogens with two attached hydrogens (primary N) is 2. The van der Waals surface area contributed by atoms with Gasteiger partial charge in [0.05, 0.1) is 6.54 Å². The van der Waals surface area contributed by atoms with E-state index in [1.165, 1.54) is 0 Å². The van der Waals surface area contributed by atoms with E-state index in [1.54, 1.807) is 0 Å². The van der Waals surface area contributed by atoms with Crippen LogP contribution in [0.5, 0.6) is 0 Å². The summed E-state index contributed by atoms with van der Waals surface area (Å²) in [6, 6.07) is -0.160. The molecule has 0 unspecified atom stereocenters. The van der Waals surface area contributed by atoms with Crippen molar-refractivity contribution >= 4 is 11.8 Å². The highest BCUT2D eigenvalue weighted by Gasteiger charge is 2.11. The normalized spacial score (nSPS) is 9.53. The van der Waals surface area contributed by atoms with Crippen molar-refractivity contribution in [2.45, 2.75) is 6.54 Å². The molecule has 0 saturated carbocycles. The van der Waals surface area contributed by atoms with Crippen LogP contribution in [0, 0.1) is 12.3 Å². The second kappa shape index (κ2) is 3.71. The number of anilines is 1. The number of terminal acetylenes is 1. The van der Waals surface area contributed by atoms with E-state index in [0.717, 1.165) is 6.07 Å². The van der Waals surface area contributed by atoms with Gasteiger partial charge >= 0.3 is 11.7 Å². The lowest BCUT2D eigenvalue weighted by Crippen LogP contribution is -2.44. The summed E-state index contributed by atoms with van der Waals surface area (Å²) in [5.41, 5.74) is 8.58. The number of nitrogens with zero attached hydrogens (tertiary/aromatic N) is 2. The van der Waals surface area contributed by atoms with Gasteiger partial charge in [0.15, 0.2) is 0 Å². The Morgan fingerprint density at radius 1 is 1.53 bits per heavy atom. The van der Waals surface area contributed by atoms with Gasteiger partial charge in [-0.2, -0.15) is 4.57 Å². The van der Waals surface area contributed by atoms with Crippen LogP contribution in [0.2, 0.25) is 0 Å². The van der Waals surface area contributed by atoms with Crippen molar-refractivity contribution in [3.8, 4) is 12.3 Å². The van der Waals surface area contributed by atoms with Crippen molar-refractivity contribution in [1.29, 1.82) is 0 Å². The second-order valence-corrected chi connectivity index (χ2v) is 2.65. The van der Waals surface area contributed by atoms with Crippen LogP contribution in [0.25, 0.3) is 0 Å². The minimum atomic E-state index is -1.07. The summed E-state index contributed by atoms with van der Waals surface area (Å²) in [5.74, 6) is 1.79. The topological polar surface area (TPSA) is 113 Å². The number of hydrogen-bond acceptors (Lipinski definition) is 4. The highest BCUT2D eigenvalue weighted by Crippen LogP contribution is 1.91. The van der Waals surface area contributed by atoms with Crippen molar-refractivity contribution in [2.24, 2.45) is 5.73 Å². The molecular formula is C8H8N4O3. The molecule has 0 aliphatic carbocycles. The van der Waals surface area contributed by atoms with E-state index in [9.17, 15) is 14.4 Å². The standard InChI is InChI=1S/C8H8N4O3/c1-2-3-11-6(13)4-5(9)12(7(10)14)8(11)15/h1,4H,3,9H2,(H2,10,14). The molecule has 0 aliphatic heterocycles. The number of carbonyl (C=O) groups excluding carboxylic acids is 1. The molecule has 0 atom stereocenters. The number of amides is 1. The molecule has 1 aromatic rings. The maximum Gasteiger partial charge on any atom is 0.341 e. The van der Waals surface area contributed by atoms with Gasteiger partial charge in [0.25, 0.3) is 5.56 Å². The molecule has 0 fully saturated rings. The van der Waals surface area contributed by atoms with Gasteiger partial charge in [0.2, 0.25) is 0 Å². The molecule has 0 aliphatic rings. The van der Waals surface area contributed by atoms with E-state index in [0.29, 0.717) is 9.13 Å². The first-order valence-corrected chi connectivity index (χ1v) is 3.84. The van der Waals surface area contributed by atoms with Gasteiger partial charge in [0.1, 0.15) is 5.82 Å². The second-order valence-electron chi connectivity index (χ2n) is 2.65. The van der Waals surface area contributed by atoms with Crippen LogP contribution < -0.4 is 22.7 Å². The van der Waals surface area contributed by atoms with Gasteiger partial charge in [-0.25, -0.2) is 14.2 Å². The fourth-order valence-electron chi connectivity index (χ4n) is 1.05. The van der Waals surface area contributed by atoms with Crippen LogP contribution in [-0.2, 0) is 6.54 Å². The van der Waals surface area contributed by atoms with Crippen LogP contribution in [-0.4, -0.2) is 15.2 Å². The summed E-state index contributed by atoms with van der Waals surface area (Å²) in [6.07, 6.45) is 4.96. The fourth-order valence-corrected chi connectivity index (χ4v) is 1.05. The summed E-state index contributed by atoms with van der Waals surface area (Å²) in [4.78, 5) is 33.6. The molecule has 0 radical (unpaired) electrons. The van der Waals surface area contributed by atoms with E-state index < -0.39 is 17.3 Å². The minimum Gasteiger partial charge on any atom is -0.384 e. The third-order valence-corrected chi connectivity index (χ3v) is 1.69. The Labute approximate surface area is 83.9 Å². The Morgan fingerprint density at radius 3 is 2.60 bits per heavy atom. The lowest BCUT2D eigenvalue weighted by atomic mass is 10.5. The summed E-state index contributed by atoms with van der Waals surface area (Å²) in [6.45, 7) is -0.245. The Bertz CT molecular complexity index is 561. The first-order chi connectivity index (χ1) is 6.99. The maximum atomic E-state index is 11.5. The zero-order valence-corrected chi connectivity index (χ0v) is 7.64. The molecule has 1 heterocycles. The Balaban J connectivity index is 3.66. The third kappa shape index (κ3) is 1.73. The molecule has 4 N–H and O–H groups in total. The van der Waals surface area contributed by atoms with E-state index in [1.807, 2.05) is 0 Å². The van der Waals surface area contributed by atoms with E-state index in [4.69, 9.17) is 17.9 Å². The van der Waals surface area contributed by atoms with Crippen LogP contribution in [0.1, 0.15) is 0 Å². The molecule has 0 bridgehead atoms. The molecule has 0 aromatic carbocycles. The molecule has 1 rings (SSSR count). The van der Waals surface area contributed by atoms with Crippen LogP contribution >= 0.6 is 0 Å². The molecule has 0 saturated heterocycles. The Morgan fingerprint density at radius 2 is 2.13 bits per heavy atom. The van der Waals surface area contributed by atoms with Crippen molar-refractivity contribution in [3.63, 3.8) is 0 Å². The summed E-state index contributed by atoms with van der Waals surface area (Å²) < 4.78 is 1.15. The SMILES string of the molecule is C#CCn1c(=O)cc(N)n(C(N)=O)c1=O. The van der Waals surface area contributed by atoms with E-state index in [2.05, 4.69) is 5.92 Å². The number of carbonyl (C=O) groups is 1. The van der Waals surface area contributed by atoms with E-state index >= 15 is 0 Å². The lowest BCUT2D eigenvalue weighted by molar-refractivity contribution is 0.249. The number of nitrogen functional groups attached to an aromatic ring is 1. The van der Waals surface area contributed by atoms with Crippen molar-refractivity contribution in [1.82, 2.24) is 9.13 Å². The van der Waals surface area contributed by atoms with Crippen molar-refractivity contribution < 1.29 is 4.79 Å². The highest BCUT2D eigenvalue weighted by molar-refractivity contribution is 5.77. The average Bonchev–Trinajstić information content (AvgIpc) is 2.11. The number of primary amides is 1. The van der Waals surface area contributed by atoms with Gasteiger partial charge in [-0.1, -0.05) is 5.92 Å². The number of hydrogen-bond donors (Lipinski definition) is 2. The largest absolute Gasteiger partial charge is 0.384 e. The molecule has 15 heavy (non-hydrogen) atoms. The molecule has 78 valence electrons. The van der Waals surface area contributed by atoms with Crippen LogP contribution in [0.4, 0.5) is 10.6 Å². The minimum absolute atomic E-state index is 0.245. The van der Waals surface area contributed by atoms with Crippen molar-refractivity contribution in [2.75, 3.05) is 5.73 Å². The van der Waals surface area contributed by atoms with Crippen molar-refractivity contribution in [3.05, 3.63) is 26.9 Å². The molecule has 1 aromatic heterocycles. The molecule has 0 spiro atoms. The first-order valence-electron chi connectivity index (χ1n) is 3.84. The molecule has 7 nitrogen and oxygen atoms in total. The monoisotopic (exact) mass is 208 g/mol. The van der Waals surface area contributed by atoms with Gasteiger partial charge in [0, 0.05) is 6.07 Å². The zero-order chi connectivity index (χ0) is 11.6. The average molecular weight is 208 g/mol. The summed E-state index contributed by atoms with van der Waals surface area (Å²) in [5, 5.41) is 0. The van der Waals surface area contributed by atoms with Crippen LogP contribution in [0.3, 0.4) is 0 Å². The maximum absolute atomic E-state index is 11.5. The Kier molecular flexibility index (Phi) is 2.62. The first kappa shape index (κ1) is 10.6. The fraction of sp³-hybridized carbons (Fsp3) is 0.125. The summed E-state index contributed by atoms with van der Waals surface area (Å²) >= 11 is 0. The van der Waals surface area contributed by atoms with Gasteiger partial charge < -0.3 is 11.5 Å². The quantitative estimate of drug-likeness (QED) is 0.527. The number of aromatic nitrogens is 2. The van der Waals surface area contributed by atoms with Gasteiger partial charge in [-0.15, -0.1) is 6.42 Å².